The van der Waals surface area contributed by atoms with Gasteiger partial charge in [0.05, 0.1) is 5.92 Å². The molecule has 0 aliphatic heterocycles. The Kier molecular flexibility index (Phi) is 2.79. The minimum absolute atomic E-state index is 0.0180. The molecule has 1 heterocycles. The molecule has 1 aliphatic rings. The van der Waals surface area contributed by atoms with E-state index in [1.807, 2.05) is 6.07 Å². The van der Waals surface area contributed by atoms with Gasteiger partial charge in [-0.05, 0) is 60.2 Å². The van der Waals surface area contributed by atoms with Gasteiger partial charge in [-0.25, -0.2) is 0 Å². The van der Waals surface area contributed by atoms with Crippen molar-refractivity contribution in [1.82, 2.24) is 10.2 Å². The molecule has 98 valence electrons. The first-order chi connectivity index (χ1) is 9.77. The summed E-state index contributed by atoms with van der Waals surface area (Å²) in [6.45, 7) is 0. The fraction of sp³-hybridized carbons (Fsp3) is 0.0667. The van der Waals surface area contributed by atoms with Crippen LogP contribution in [0.15, 0.2) is 56.2 Å². The van der Waals surface area contributed by atoms with Gasteiger partial charge in [0.15, 0.2) is 0 Å². The molecule has 0 spiro atoms. The summed E-state index contributed by atoms with van der Waals surface area (Å²) in [5.41, 5.74) is 4.80. The van der Waals surface area contributed by atoms with E-state index < -0.39 is 0 Å². The molecule has 4 rings (SSSR count). The van der Waals surface area contributed by atoms with Gasteiger partial charge in [0, 0.05) is 8.95 Å². The lowest BCUT2D eigenvalue weighted by molar-refractivity contribution is 0.488. The van der Waals surface area contributed by atoms with Crippen LogP contribution in [0, 0.1) is 0 Å². The van der Waals surface area contributed by atoms with Crippen LogP contribution in [-0.4, -0.2) is 10.2 Å². The summed E-state index contributed by atoms with van der Waals surface area (Å²) < 4.78 is 7.53. The Morgan fingerprint density at radius 2 is 1.85 bits per heavy atom. The van der Waals surface area contributed by atoms with Gasteiger partial charge in [-0.15, -0.1) is 10.2 Å². The zero-order valence-corrected chi connectivity index (χ0v) is 13.3. The highest BCUT2D eigenvalue weighted by atomic mass is 79.9. The lowest BCUT2D eigenvalue weighted by atomic mass is 9.97. The first-order valence-corrected chi connectivity index (χ1v) is 7.69. The van der Waals surface area contributed by atoms with Gasteiger partial charge in [0.25, 0.3) is 0 Å². The molecule has 20 heavy (non-hydrogen) atoms. The van der Waals surface area contributed by atoms with E-state index in [0.717, 1.165) is 8.95 Å². The van der Waals surface area contributed by atoms with Gasteiger partial charge in [0.1, 0.15) is 0 Å². The van der Waals surface area contributed by atoms with E-state index in [9.17, 15) is 0 Å². The topological polar surface area (TPSA) is 38.9 Å². The highest BCUT2D eigenvalue weighted by Gasteiger charge is 2.35. The first kappa shape index (κ1) is 12.3. The molecule has 0 saturated heterocycles. The second-order valence-corrected chi connectivity index (χ2v) is 6.27. The molecular formula is C15H8Br2N2O. The molecule has 0 saturated carbocycles. The summed E-state index contributed by atoms with van der Waals surface area (Å²) in [5.74, 6) is 0.602. The molecule has 3 aromatic rings. The molecule has 5 heteroatoms. The molecule has 0 N–H and O–H groups in total. The van der Waals surface area contributed by atoms with Crippen LogP contribution in [0.1, 0.15) is 22.9 Å². The van der Waals surface area contributed by atoms with Gasteiger partial charge in [-0.1, -0.05) is 30.3 Å². The van der Waals surface area contributed by atoms with Crippen molar-refractivity contribution in [2.45, 2.75) is 5.92 Å². The summed E-state index contributed by atoms with van der Waals surface area (Å²) in [6.07, 6.45) is 1.38. The second-order valence-electron chi connectivity index (χ2n) is 4.62. The highest BCUT2D eigenvalue weighted by Crippen LogP contribution is 2.51. The molecule has 1 aliphatic carbocycles. The lowest BCUT2D eigenvalue weighted by Gasteiger charge is -2.11. The normalized spacial score (nSPS) is 16.0. The average molecular weight is 392 g/mol. The predicted octanol–water partition coefficient (Wildman–Crippen LogP) is 4.76. The van der Waals surface area contributed by atoms with Crippen LogP contribution in [0.2, 0.25) is 0 Å². The summed E-state index contributed by atoms with van der Waals surface area (Å²) in [7, 11) is 0. The SMILES string of the molecule is Brc1ccc2c(c1Br)C(c1nnco1)c1ccccc1-2. The molecule has 0 fully saturated rings. The van der Waals surface area contributed by atoms with Gasteiger partial charge < -0.3 is 4.42 Å². The Labute approximate surface area is 132 Å². The maximum absolute atomic E-state index is 5.47. The van der Waals surface area contributed by atoms with Crippen molar-refractivity contribution in [3.8, 4) is 11.1 Å². The highest BCUT2D eigenvalue weighted by molar-refractivity contribution is 9.13. The van der Waals surface area contributed by atoms with Crippen molar-refractivity contribution in [2.75, 3.05) is 0 Å². The van der Waals surface area contributed by atoms with Crippen LogP contribution in [0.25, 0.3) is 11.1 Å². The zero-order valence-electron chi connectivity index (χ0n) is 10.2. The quantitative estimate of drug-likeness (QED) is 0.469. The third-order valence-electron chi connectivity index (χ3n) is 3.61. The van der Waals surface area contributed by atoms with Crippen molar-refractivity contribution >= 4 is 31.9 Å². The summed E-state index contributed by atoms with van der Waals surface area (Å²) in [4.78, 5) is 0. The molecule has 2 aromatic carbocycles. The summed E-state index contributed by atoms with van der Waals surface area (Å²) in [5, 5.41) is 7.93. The number of aromatic nitrogens is 2. The van der Waals surface area contributed by atoms with E-state index in [1.165, 1.54) is 28.6 Å². The number of halogens is 2. The Hall–Kier alpha value is -1.46. The minimum atomic E-state index is -0.0180. The van der Waals surface area contributed by atoms with Crippen molar-refractivity contribution < 1.29 is 4.42 Å². The second kappa shape index (κ2) is 4.53. The maximum atomic E-state index is 5.47. The van der Waals surface area contributed by atoms with Crippen LogP contribution in [-0.2, 0) is 0 Å². The minimum Gasteiger partial charge on any atom is -0.427 e. The van der Waals surface area contributed by atoms with Gasteiger partial charge in [-0.2, -0.15) is 0 Å². The fourth-order valence-corrected chi connectivity index (χ4v) is 3.72. The van der Waals surface area contributed by atoms with E-state index in [1.54, 1.807) is 0 Å². The van der Waals surface area contributed by atoms with E-state index in [2.05, 4.69) is 72.4 Å². The zero-order chi connectivity index (χ0) is 13.7. The standard InChI is InChI=1S/C15H8Br2N2O/c16-11-6-5-10-8-3-1-2-4-9(8)13(12(10)14(11)17)15-19-18-7-20-15/h1-7,13H. The van der Waals surface area contributed by atoms with Crippen LogP contribution in [0.4, 0.5) is 0 Å². The molecule has 1 unspecified atom stereocenters. The van der Waals surface area contributed by atoms with Gasteiger partial charge in [-0.3, -0.25) is 0 Å². The Bertz CT molecular complexity index is 800. The average Bonchev–Trinajstić information content (AvgIpc) is 3.08. The number of rotatable bonds is 1. The molecule has 1 atom stereocenters. The largest absolute Gasteiger partial charge is 0.427 e. The Balaban J connectivity index is 2.08. The smallest absolute Gasteiger partial charge is 0.228 e. The van der Waals surface area contributed by atoms with E-state index in [0.29, 0.717) is 5.89 Å². The predicted molar refractivity (Wildman–Crippen MR) is 82.5 cm³/mol. The molecular weight excluding hydrogens is 384 g/mol. The van der Waals surface area contributed by atoms with E-state index >= 15 is 0 Å². The molecule has 1 aromatic heterocycles. The first-order valence-electron chi connectivity index (χ1n) is 6.10. The van der Waals surface area contributed by atoms with Gasteiger partial charge >= 0.3 is 0 Å². The van der Waals surface area contributed by atoms with Crippen LogP contribution in [0.5, 0.6) is 0 Å². The van der Waals surface area contributed by atoms with E-state index in [-0.39, 0.29) is 5.92 Å². The third kappa shape index (κ3) is 1.63. The molecule has 3 nitrogen and oxygen atoms in total. The number of hydrogen-bond acceptors (Lipinski definition) is 3. The van der Waals surface area contributed by atoms with Crippen LogP contribution in [0.3, 0.4) is 0 Å². The number of fused-ring (bicyclic) bond motifs is 3. The maximum Gasteiger partial charge on any atom is 0.228 e. The summed E-state index contributed by atoms with van der Waals surface area (Å²) >= 11 is 7.25. The Morgan fingerprint density at radius 3 is 2.65 bits per heavy atom. The number of hydrogen-bond donors (Lipinski definition) is 0. The Morgan fingerprint density at radius 1 is 1.00 bits per heavy atom. The molecule has 0 amide bonds. The molecule has 0 bridgehead atoms. The van der Waals surface area contributed by atoms with Crippen LogP contribution < -0.4 is 0 Å². The number of benzene rings is 2. The van der Waals surface area contributed by atoms with Crippen LogP contribution >= 0.6 is 31.9 Å². The van der Waals surface area contributed by atoms with Crippen molar-refractivity contribution in [1.29, 1.82) is 0 Å². The van der Waals surface area contributed by atoms with E-state index in [4.69, 9.17) is 4.42 Å². The van der Waals surface area contributed by atoms with Crippen molar-refractivity contribution in [2.24, 2.45) is 0 Å². The van der Waals surface area contributed by atoms with Crippen molar-refractivity contribution in [3.05, 3.63) is 68.8 Å². The van der Waals surface area contributed by atoms with Crippen molar-refractivity contribution in [3.63, 3.8) is 0 Å². The monoisotopic (exact) mass is 390 g/mol. The fourth-order valence-electron chi connectivity index (χ4n) is 2.80. The van der Waals surface area contributed by atoms with Gasteiger partial charge in [0.2, 0.25) is 12.3 Å². The number of nitrogens with zero attached hydrogens (tertiary/aromatic N) is 2. The molecule has 0 radical (unpaired) electrons. The third-order valence-corrected chi connectivity index (χ3v) is 5.65. The lowest BCUT2D eigenvalue weighted by Crippen LogP contribution is -2.01. The summed E-state index contributed by atoms with van der Waals surface area (Å²) in [6, 6.07) is 12.5.